The van der Waals surface area contributed by atoms with Crippen molar-refractivity contribution in [3.8, 4) is 11.4 Å². The second kappa shape index (κ2) is 7.58. The third-order valence-electron chi connectivity index (χ3n) is 7.51. The summed E-state index contributed by atoms with van der Waals surface area (Å²) >= 11 is 0. The number of sulfone groups is 1. The molecule has 33 heavy (non-hydrogen) atoms. The summed E-state index contributed by atoms with van der Waals surface area (Å²) in [7, 11) is -3.07. The first-order valence-corrected chi connectivity index (χ1v) is 13.4. The smallest absolute Gasteiger partial charge is 0.226 e. The Morgan fingerprint density at radius 3 is 2.67 bits per heavy atom. The van der Waals surface area contributed by atoms with Gasteiger partial charge in [0.25, 0.3) is 0 Å². The van der Waals surface area contributed by atoms with E-state index in [1.165, 1.54) is 0 Å². The van der Waals surface area contributed by atoms with Gasteiger partial charge in [-0.25, -0.2) is 18.1 Å². The van der Waals surface area contributed by atoms with Crippen molar-refractivity contribution < 1.29 is 13.2 Å². The zero-order chi connectivity index (χ0) is 22.6. The van der Waals surface area contributed by atoms with E-state index in [1.807, 2.05) is 40.0 Å². The molecule has 10 heteroatoms. The fourth-order valence-corrected chi connectivity index (χ4v) is 7.74. The Morgan fingerprint density at radius 2 is 1.85 bits per heavy atom. The lowest BCUT2D eigenvalue weighted by Crippen LogP contribution is -2.56. The predicted molar refractivity (Wildman–Crippen MR) is 122 cm³/mol. The van der Waals surface area contributed by atoms with Crippen molar-refractivity contribution in [2.75, 3.05) is 18.1 Å². The second-order valence-corrected chi connectivity index (χ2v) is 11.8. The van der Waals surface area contributed by atoms with Crippen LogP contribution in [0.5, 0.6) is 0 Å². The van der Waals surface area contributed by atoms with Crippen LogP contribution in [0.3, 0.4) is 0 Å². The number of benzene rings is 1. The van der Waals surface area contributed by atoms with E-state index in [4.69, 9.17) is 0 Å². The molecule has 6 rings (SSSR count). The number of carbonyl (C=O) groups is 1. The van der Waals surface area contributed by atoms with Crippen molar-refractivity contribution in [1.82, 2.24) is 29.9 Å². The van der Waals surface area contributed by atoms with E-state index >= 15 is 0 Å². The molecule has 1 aliphatic carbocycles. The first-order chi connectivity index (χ1) is 15.9. The van der Waals surface area contributed by atoms with Crippen molar-refractivity contribution in [2.24, 2.45) is 5.92 Å². The molecule has 1 aromatic carbocycles. The van der Waals surface area contributed by atoms with Gasteiger partial charge in [0.05, 0.1) is 46.5 Å². The molecule has 0 N–H and O–H groups in total. The molecule has 0 bridgehead atoms. The Bertz CT molecular complexity index is 1330. The summed E-state index contributed by atoms with van der Waals surface area (Å²) in [5.74, 6) is 0.406. The van der Waals surface area contributed by atoms with Crippen LogP contribution in [-0.2, 0) is 14.6 Å². The highest BCUT2D eigenvalue weighted by molar-refractivity contribution is 7.91. The van der Waals surface area contributed by atoms with E-state index in [1.54, 1.807) is 6.20 Å². The van der Waals surface area contributed by atoms with E-state index in [9.17, 15) is 13.2 Å². The summed E-state index contributed by atoms with van der Waals surface area (Å²) in [5, 5.41) is 8.56. The highest BCUT2D eigenvalue weighted by Crippen LogP contribution is 2.44. The van der Waals surface area contributed by atoms with Gasteiger partial charge >= 0.3 is 0 Å². The molecule has 2 aliphatic heterocycles. The Hall–Kier alpha value is -2.88. The van der Waals surface area contributed by atoms with Crippen LogP contribution in [-0.4, -0.2) is 67.8 Å². The third-order valence-corrected chi connectivity index (χ3v) is 9.39. The summed E-state index contributed by atoms with van der Waals surface area (Å²) in [4.78, 5) is 24.3. The average molecular weight is 467 g/mol. The highest BCUT2D eigenvalue weighted by Gasteiger charge is 2.51. The van der Waals surface area contributed by atoms with Crippen LogP contribution in [0.4, 0.5) is 0 Å². The number of hydrogen-bond acceptors (Lipinski definition) is 7. The van der Waals surface area contributed by atoms with Crippen LogP contribution in [0.25, 0.3) is 22.4 Å². The number of rotatable bonds is 3. The second-order valence-electron chi connectivity index (χ2n) is 9.66. The van der Waals surface area contributed by atoms with Gasteiger partial charge in [-0.3, -0.25) is 9.78 Å². The van der Waals surface area contributed by atoms with Gasteiger partial charge in [0.2, 0.25) is 5.91 Å². The minimum absolute atomic E-state index is 0.0808. The normalized spacial score (nSPS) is 28.8. The Kier molecular flexibility index (Phi) is 4.76. The first kappa shape index (κ1) is 20.7. The molecule has 3 aromatic rings. The number of likely N-dealkylation sites (tertiary alicyclic amines) is 1. The molecule has 1 unspecified atom stereocenters. The largest absolute Gasteiger partial charge is 0.336 e. The Balaban J connectivity index is 1.14. The van der Waals surface area contributed by atoms with Crippen molar-refractivity contribution in [2.45, 2.75) is 50.1 Å². The summed E-state index contributed by atoms with van der Waals surface area (Å²) in [5.41, 5.74) is 2.50. The predicted octanol–water partition coefficient (Wildman–Crippen LogP) is 2.41. The molecule has 1 spiro atoms. The van der Waals surface area contributed by atoms with Gasteiger partial charge in [0, 0.05) is 12.5 Å². The van der Waals surface area contributed by atoms with Crippen molar-refractivity contribution in [3.05, 3.63) is 36.7 Å². The number of hydrogen-bond donors (Lipinski definition) is 0. The van der Waals surface area contributed by atoms with Gasteiger partial charge in [-0.2, -0.15) is 0 Å². The molecule has 0 radical (unpaired) electrons. The zero-order valence-corrected chi connectivity index (χ0v) is 19.1. The van der Waals surface area contributed by atoms with Gasteiger partial charge in [-0.1, -0.05) is 17.3 Å². The number of nitrogens with zero attached hydrogens (tertiary/aromatic N) is 6. The topological polar surface area (TPSA) is 111 Å². The highest BCUT2D eigenvalue weighted by atomic mass is 32.2. The van der Waals surface area contributed by atoms with Crippen LogP contribution >= 0.6 is 0 Å². The molecular weight excluding hydrogens is 440 g/mol. The molecule has 1 saturated carbocycles. The lowest BCUT2D eigenvalue weighted by atomic mass is 9.78. The maximum Gasteiger partial charge on any atom is 0.226 e. The van der Waals surface area contributed by atoms with Crippen LogP contribution in [0.15, 0.2) is 36.7 Å². The SMILES string of the molecule is O=C(C1CC(n2cc(-c3cnc4ccccc4n3)nn2)C1)N1CCCC12CCCS(=O)(=O)C2. The monoisotopic (exact) mass is 466 g/mol. The zero-order valence-electron chi connectivity index (χ0n) is 18.3. The van der Waals surface area contributed by atoms with Gasteiger partial charge in [-0.15, -0.1) is 5.10 Å². The third kappa shape index (κ3) is 3.60. The van der Waals surface area contributed by atoms with Crippen LogP contribution in [0.1, 0.15) is 44.6 Å². The van der Waals surface area contributed by atoms with Crippen LogP contribution in [0, 0.1) is 5.92 Å². The standard InChI is InChI=1S/C23H26N6O3S/c30-22(28-9-3-7-23(28)8-4-10-33(31,32)15-23)16-11-17(12-16)29-14-21(26-27-29)20-13-24-18-5-1-2-6-19(18)25-20/h1-2,5-6,13-14,16-17H,3-4,7-12,15H2. The van der Waals surface area contributed by atoms with E-state index in [0.717, 1.165) is 30.3 Å². The van der Waals surface area contributed by atoms with E-state index in [0.29, 0.717) is 37.2 Å². The van der Waals surface area contributed by atoms with Crippen molar-refractivity contribution in [1.29, 1.82) is 0 Å². The molecule has 2 aromatic heterocycles. The minimum Gasteiger partial charge on any atom is -0.336 e. The van der Waals surface area contributed by atoms with Crippen molar-refractivity contribution in [3.63, 3.8) is 0 Å². The quantitative estimate of drug-likeness (QED) is 0.583. The number of carbonyl (C=O) groups excluding carboxylic acids is 1. The summed E-state index contributed by atoms with van der Waals surface area (Å²) in [6.45, 7) is 0.670. The van der Waals surface area contributed by atoms with E-state index < -0.39 is 15.4 Å². The summed E-state index contributed by atoms with van der Waals surface area (Å²) < 4.78 is 26.4. The van der Waals surface area contributed by atoms with E-state index in [-0.39, 0.29) is 29.4 Å². The average Bonchev–Trinajstić information content (AvgIpc) is 3.39. The maximum atomic E-state index is 13.3. The van der Waals surface area contributed by atoms with Gasteiger partial charge in [0.1, 0.15) is 11.4 Å². The van der Waals surface area contributed by atoms with Crippen molar-refractivity contribution >= 4 is 26.8 Å². The fraction of sp³-hybridized carbons (Fsp3) is 0.522. The molecular formula is C23H26N6O3S. The Labute approximate surface area is 192 Å². The number of aromatic nitrogens is 5. The Morgan fingerprint density at radius 1 is 1.06 bits per heavy atom. The van der Waals surface area contributed by atoms with Gasteiger partial charge < -0.3 is 4.90 Å². The van der Waals surface area contributed by atoms with Gasteiger partial charge in [0.15, 0.2) is 9.84 Å². The van der Waals surface area contributed by atoms with Gasteiger partial charge in [-0.05, 0) is 50.7 Å². The summed E-state index contributed by atoms with van der Waals surface area (Å²) in [6, 6.07) is 7.81. The number of para-hydroxylation sites is 2. The molecule has 9 nitrogen and oxygen atoms in total. The van der Waals surface area contributed by atoms with Crippen LogP contribution < -0.4 is 0 Å². The molecule has 3 aliphatic rings. The first-order valence-electron chi connectivity index (χ1n) is 11.6. The molecule has 172 valence electrons. The molecule has 4 heterocycles. The number of fused-ring (bicyclic) bond motifs is 1. The molecule has 1 amide bonds. The lowest BCUT2D eigenvalue weighted by Gasteiger charge is -2.45. The summed E-state index contributed by atoms with van der Waals surface area (Å²) in [6.07, 6.45) is 8.11. The molecule has 3 fully saturated rings. The minimum atomic E-state index is -3.07. The maximum absolute atomic E-state index is 13.3. The van der Waals surface area contributed by atoms with E-state index in [2.05, 4.69) is 20.3 Å². The molecule has 2 saturated heterocycles. The van der Waals surface area contributed by atoms with Crippen LogP contribution in [0.2, 0.25) is 0 Å². The number of amides is 1. The lowest BCUT2D eigenvalue weighted by molar-refractivity contribution is -0.143. The fourth-order valence-electron chi connectivity index (χ4n) is 5.75. The molecule has 1 atom stereocenters.